The number of alkyl halides is 3. The van der Waals surface area contributed by atoms with Crippen LogP contribution in [0.4, 0.5) is 13.2 Å². The molecule has 4 nitrogen and oxygen atoms in total. The van der Waals surface area contributed by atoms with Crippen LogP contribution < -0.4 is 5.32 Å². The second-order valence-corrected chi connectivity index (χ2v) is 7.56. The van der Waals surface area contributed by atoms with Crippen LogP contribution in [-0.2, 0) is 10.0 Å². The van der Waals surface area contributed by atoms with E-state index in [1.54, 1.807) is 0 Å². The monoisotopic (exact) mass is 316 g/mol. The highest BCUT2D eigenvalue weighted by atomic mass is 32.2. The third kappa shape index (κ3) is 6.90. The highest BCUT2D eigenvalue weighted by Gasteiger charge is 2.43. The molecule has 1 aliphatic carbocycles. The van der Waals surface area contributed by atoms with E-state index in [1.165, 1.54) is 0 Å². The van der Waals surface area contributed by atoms with Crippen LogP contribution in [0, 0.1) is 0 Å². The zero-order valence-electron chi connectivity index (χ0n) is 11.9. The summed E-state index contributed by atoms with van der Waals surface area (Å²) in [5.41, 5.74) is 0. The molecule has 0 bridgehead atoms. The quantitative estimate of drug-likeness (QED) is 0.663. The van der Waals surface area contributed by atoms with Gasteiger partial charge in [-0.25, -0.2) is 8.42 Å². The maximum absolute atomic E-state index is 12.4. The fourth-order valence-electron chi connectivity index (χ4n) is 1.91. The maximum Gasteiger partial charge on any atom is 0.402 e. The van der Waals surface area contributed by atoms with E-state index < -0.39 is 28.8 Å². The number of sulfonamides is 1. The molecule has 1 fully saturated rings. The molecule has 0 amide bonds. The molecule has 0 saturated heterocycles. The van der Waals surface area contributed by atoms with Crippen LogP contribution in [0.3, 0.4) is 0 Å². The van der Waals surface area contributed by atoms with Gasteiger partial charge in [0.25, 0.3) is 0 Å². The molecular formula is C12H23F3N2O2S. The lowest BCUT2D eigenvalue weighted by molar-refractivity contribution is -0.137. The minimum Gasteiger partial charge on any atom is -0.315 e. The van der Waals surface area contributed by atoms with Crippen LogP contribution in [0.5, 0.6) is 0 Å². The molecule has 0 spiro atoms. The van der Waals surface area contributed by atoms with Gasteiger partial charge in [-0.05, 0) is 32.2 Å². The van der Waals surface area contributed by atoms with Crippen molar-refractivity contribution >= 4 is 10.0 Å². The Hall–Kier alpha value is -0.340. The highest BCUT2D eigenvalue weighted by Crippen LogP contribution is 2.32. The Bertz CT molecular complexity index is 392. The van der Waals surface area contributed by atoms with Gasteiger partial charge in [-0.2, -0.15) is 17.5 Å². The Morgan fingerprint density at radius 2 is 1.85 bits per heavy atom. The lowest BCUT2D eigenvalue weighted by Gasteiger charge is -2.23. The number of nitrogens with zero attached hydrogens (tertiary/aromatic N) is 1. The zero-order chi connectivity index (χ0) is 15.4. The first-order valence-electron chi connectivity index (χ1n) is 6.91. The molecule has 120 valence electrons. The van der Waals surface area contributed by atoms with Gasteiger partial charge in [0, 0.05) is 12.1 Å². The predicted octanol–water partition coefficient (Wildman–Crippen LogP) is 2.12. The van der Waals surface area contributed by atoms with Crippen molar-refractivity contribution in [2.75, 3.05) is 18.8 Å². The standard InChI is InChI=1S/C12H23F3N2O2S/c1-10(2)16-7-3-4-8-20(18,19)17(11-5-6-11)9-12(13,14)15/h10-11,16H,3-9H2,1-2H3. The predicted molar refractivity (Wildman–Crippen MR) is 71.9 cm³/mol. The van der Waals surface area contributed by atoms with E-state index in [1.807, 2.05) is 13.8 Å². The third-order valence-corrected chi connectivity index (χ3v) is 4.97. The first-order chi connectivity index (χ1) is 9.12. The van der Waals surface area contributed by atoms with Crippen molar-refractivity contribution in [2.24, 2.45) is 0 Å². The van der Waals surface area contributed by atoms with Crippen LogP contribution in [-0.4, -0.2) is 49.8 Å². The van der Waals surface area contributed by atoms with Gasteiger partial charge in [-0.3, -0.25) is 0 Å². The van der Waals surface area contributed by atoms with Crippen LogP contribution in [0.1, 0.15) is 39.5 Å². The van der Waals surface area contributed by atoms with Gasteiger partial charge >= 0.3 is 6.18 Å². The van der Waals surface area contributed by atoms with Gasteiger partial charge < -0.3 is 5.32 Å². The van der Waals surface area contributed by atoms with Crippen molar-refractivity contribution in [3.8, 4) is 0 Å². The maximum atomic E-state index is 12.4. The van der Waals surface area contributed by atoms with Gasteiger partial charge in [0.1, 0.15) is 6.54 Å². The van der Waals surface area contributed by atoms with Gasteiger partial charge in [0.15, 0.2) is 0 Å². The second-order valence-electron chi connectivity index (χ2n) is 5.52. The summed E-state index contributed by atoms with van der Waals surface area (Å²) in [6, 6.07) is -0.129. The minimum absolute atomic E-state index is 0.209. The van der Waals surface area contributed by atoms with Crippen LogP contribution in [0.15, 0.2) is 0 Å². The first-order valence-corrected chi connectivity index (χ1v) is 8.52. The third-order valence-electron chi connectivity index (χ3n) is 3.03. The molecule has 0 aromatic rings. The summed E-state index contributed by atoms with van der Waals surface area (Å²) in [5.74, 6) is -0.209. The van der Waals surface area contributed by atoms with Crippen LogP contribution >= 0.6 is 0 Å². The van der Waals surface area contributed by atoms with Crippen molar-refractivity contribution in [3.63, 3.8) is 0 Å². The van der Waals surface area contributed by atoms with Crippen molar-refractivity contribution in [2.45, 2.75) is 57.8 Å². The molecule has 1 saturated carbocycles. The number of nitrogens with one attached hydrogen (secondary N) is 1. The van der Waals surface area contributed by atoms with E-state index in [9.17, 15) is 21.6 Å². The molecule has 8 heteroatoms. The first kappa shape index (κ1) is 17.7. The normalized spacial score (nSPS) is 17.1. The fourth-order valence-corrected chi connectivity index (χ4v) is 3.72. The van der Waals surface area contributed by atoms with Crippen molar-refractivity contribution in [1.29, 1.82) is 0 Å². The molecule has 0 aromatic carbocycles. The van der Waals surface area contributed by atoms with Crippen molar-refractivity contribution in [1.82, 2.24) is 9.62 Å². The molecule has 1 rings (SSSR count). The second kappa shape index (κ2) is 7.09. The fraction of sp³-hybridized carbons (Fsp3) is 1.00. The van der Waals surface area contributed by atoms with Crippen molar-refractivity contribution in [3.05, 3.63) is 0 Å². The molecule has 0 unspecified atom stereocenters. The number of rotatable bonds is 9. The Morgan fingerprint density at radius 3 is 2.30 bits per heavy atom. The van der Waals surface area contributed by atoms with E-state index in [4.69, 9.17) is 0 Å². The van der Waals surface area contributed by atoms with Crippen LogP contribution in [0.2, 0.25) is 0 Å². The number of hydrogen-bond donors (Lipinski definition) is 1. The SMILES string of the molecule is CC(C)NCCCCS(=O)(=O)N(CC(F)(F)F)C1CC1. The van der Waals surface area contributed by atoms with Gasteiger partial charge in [0.2, 0.25) is 10.0 Å². The summed E-state index contributed by atoms with van der Waals surface area (Å²) in [5, 5.41) is 3.15. The summed E-state index contributed by atoms with van der Waals surface area (Å²) in [4.78, 5) is 0. The highest BCUT2D eigenvalue weighted by molar-refractivity contribution is 7.89. The number of unbranched alkanes of at least 4 members (excludes halogenated alkanes) is 1. The van der Waals surface area contributed by atoms with Crippen molar-refractivity contribution < 1.29 is 21.6 Å². The Morgan fingerprint density at radius 1 is 1.25 bits per heavy atom. The summed E-state index contributed by atoms with van der Waals surface area (Å²) in [6.07, 6.45) is -2.39. The lowest BCUT2D eigenvalue weighted by Crippen LogP contribution is -2.41. The summed E-state index contributed by atoms with van der Waals surface area (Å²) in [6.45, 7) is 3.28. The average Bonchev–Trinajstić information content (AvgIpc) is 3.07. The summed E-state index contributed by atoms with van der Waals surface area (Å²) < 4.78 is 61.9. The van der Waals surface area contributed by atoms with E-state index in [0.29, 0.717) is 42.6 Å². The molecular weight excluding hydrogens is 293 g/mol. The zero-order valence-corrected chi connectivity index (χ0v) is 12.7. The van der Waals surface area contributed by atoms with Gasteiger partial charge in [0.05, 0.1) is 5.75 Å². The molecule has 0 atom stereocenters. The molecule has 0 radical (unpaired) electrons. The van der Waals surface area contributed by atoms with E-state index in [2.05, 4.69) is 5.32 Å². The van der Waals surface area contributed by atoms with E-state index in [-0.39, 0.29) is 5.75 Å². The lowest BCUT2D eigenvalue weighted by atomic mass is 10.3. The number of hydrogen-bond acceptors (Lipinski definition) is 3. The van der Waals surface area contributed by atoms with E-state index in [0.717, 1.165) is 0 Å². The van der Waals surface area contributed by atoms with E-state index >= 15 is 0 Å². The number of halogens is 3. The Kier molecular flexibility index (Phi) is 6.27. The smallest absolute Gasteiger partial charge is 0.315 e. The molecule has 0 aliphatic heterocycles. The molecule has 0 aromatic heterocycles. The molecule has 1 aliphatic rings. The topological polar surface area (TPSA) is 49.4 Å². The van der Waals surface area contributed by atoms with Gasteiger partial charge in [-0.15, -0.1) is 0 Å². The minimum atomic E-state index is -4.48. The average molecular weight is 316 g/mol. The largest absolute Gasteiger partial charge is 0.402 e. The molecule has 0 heterocycles. The van der Waals surface area contributed by atoms with Crippen LogP contribution in [0.25, 0.3) is 0 Å². The Balaban J connectivity index is 2.43. The van der Waals surface area contributed by atoms with Gasteiger partial charge in [-0.1, -0.05) is 13.8 Å². The summed E-state index contributed by atoms with van der Waals surface area (Å²) in [7, 11) is -3.81. The summed E-state index contributed by atoms with van der Waals surface area (Å²) >= 11 is 0. The Labute approximate surface area is 118 Å². The molecule has 20 heavy (non-hydrogen) atoms. The molecule has 1 N–H and O–H groups in total.